The van der Waals surface area contributed by atoms with Crippen molar-refractivity contribution in [3.63, 3.8) is 0 Å². The quantitative estimate of drug-likeness (QED) is 0.521. The summed E-state index contributed by atoms with van der Waals surface area (Å²) in [6, 6.07) is 6.13. The lowest BCUT2D eigenvalue weighted by atomic mass is 9.88. The summed E-state index contributed by atoms with van der Waals surface area (Å²) in [5, 5.41) is 8.94. The van der Waals surface area contributed by atoms with Gasteiger partial charge in [-0.25, -0.2) is 4.68 Å². The van der Waals surface area contributed by atoms with Gasteiger partial charge in [0.1, 0.15) is 0 Å². The van der Waals surface area contributed by atoms with Crippen LogP contribution in [0.25, 0.3) is 16.9 Å². The van der Waals surface area contributed by atoms with Crippen LogP contribution in [0.3, 0.4) is 0 Å². The smallest absolute Gasteiger partial charge is 0.274 e. The Bertz CT molecular complexity index is 1140. The first-order valence-corrected chi connectivity index (χ1v) is 11.9. The number of carbonyl (C=O) groups is 1. The molecule has 0 saturated carbocycles. The van der Waals surface area contributed by atoms with E-state index >= 15 is 0 Å². The Balaban J connectivity index is 1.94. The number of rotatable bonds is 5. The van der Waals surface area contributed by atoms with Crippen molar-refractivity contribution in [2.75, 3.05) is 14.2 Å². The lowest BCUT2D eigenvalue weighted by Crippen LogP contribution is -2.43. The number of nitrogens with zero attached hydrogens (tertiary/aromatic N) is 3. The molecule has 0 fully saturated rings. The van der Waals surface area contributed by atoms with Gasteiger partial charge in [-0.2, -0.15) is 16.4 Å². The van der Waals surface area contributed by atoms with Gasteiger partial charge in [0.05, 0.1) is 24.6 Å². The Hall–Kier alpha value is -2.80. The topological polar surface area (TPSA) is 56.6 Å². The maximum Gasteiger partial charge on any atom is 0.274 e. The molecular weight excluding hydrogens is 422 g/mol. The molecule has 0 saturated heterocycles. The fraction of sp³-hybridized carbons (Fsp3) is 0.440. The molecule has 1 amide bonds. The summed E-state index contributed by atoms with van der Waals surface area (Å²) in [4.78, 5) is 15.2. The third-order valence-electron chi connectivity index (χ3n) is 5.90. The van der Waals surface area contributed by atoms with Crippen LogP contribution in [0.4, 0.5) is 0 Å². The largest absolute Gasteiger partial charge is 0.493 e. The number of benzene rings is 1. The lowest BCUT2D eigenvalue weighted by Gasteiger charge is -2.31. The fourth-order valence-electron chi connectivity index (χ4n) is 3.96. The van der Waals surface area contributed by atoms with Crippen molar-refractivity contribution in [3.05, 3.63) is 45.8 Å². The van der Waals surface area contributed by atoms with Crippen LogP contribution in [-0.2, 0) is 12.8 Å². The molecule has 2 heterocycles. The van der Waals surface area contributed by atoms with Gasteiger partial charge in [-0.05, 0) is 76.6 Å². The van der Waals surface area contributed by atoms with Crippen molar-refractivity contribution in [2.24, 2.45) is 0 Å². The van der Waals surface area contributed by atoms with E-state index in [9.17, 15) is 4.79 Å². The van der Waals surface area contributed by atoms with E-state index in [2.05, 4.69) is 11.4 Å². The Labute approximate surface area is 193 Å². The number of ether oxygens (including phenoxy) is 2. The highest BCUT2D eigenvalue weighted by Crippen LogP contribution is 2.43. The third-order valence-corrected chi connectivity index (χ3v) is 6.57. The van der Waals surface area contributed by atoms with Crippen LogP contribution in [0.15, 0.2) is 29.0 Å². The summed E-state index contributed by atoms with van der Waals surface area (Å²) in [5.41, 5.74) is 5.35. The average Bonchev–Trinajstić information content (AvgIpc) is 3.38. The summed E-state index contributed by atoms with van der Waals surface area (Å²) in [7, 11) is 3.51. The van der Waals surface area contributed by atoms with E-state index in [-0.39, 0.29) is 17.6 Å². The number of methoxy groups -OCH3 is 1. The molecule has 2 aromatic heterocycles. The van der Waals surface area contributed by atoms with Crippen LogP contribution in [-0.4, -0.2) is 46.4 Å². The first-order chi connectivity index (χ1) is 15.1. The number of aromatic nitrogens is 2. The zero-order chi connectivity index (χ0) is 23.2. The lowest BCUT2D eigenvalue weighted by molar-refractivity contribution is 0.0648. The van der Waals surface area contributed by atoms with E-state index in [1.807, 2.05) is 63.9 Å². The fourth-order valence-corrected chi connectivity index (χ4v) is 4.57. The zero-order valence-corrected chi connectivity index (χ0v) is 20.7. The highest BCUT2D eigenvalue weighted by Gasteiger charge is 2.33. The van der Waals surface area contributed by atoms with Crippen molar-refractivity contribution in [1.29, 1.82) is 0 Å². The van der Waals surface area contributed by atoms with Crippen LogP contribution in [0.1, 0.15) is 56.2 Å². The first kappa shape index (κ1) is 22.4. The SMILES string of the molecule is COc1cc2c(cc1OC(C)C)-c1c(c(C(=O)N(C)C(C)(C)C)nn1-c1ccsc1)CC2. The van der Waals surface area contributed by atoms with E-state index in [4.69, 9.17) is 14.6 Å². The molecule has 170 valence electrons. The van der Waals surface area contributed by atoms with Gasteiger partial charge in [0.2, 0.25) is 0 Å². The summed E-state index contributed by atoms with van der Waals surface area (Å²) in [6.07, 6.45) is 1.58. The van der Waals surface area contributed by atoms with E-state index in [0.717, 1.165) is 41.1 Å². The van der Waals surface area contributed by atoms with E-state index in [0.29, 0.717) is 11.4 Å². The predicted octanol–water partition coefficient (Wildman–Crippen LogP) is 5.37. The zero-order valence-electron chi connectivity index (χ0n) is 19.9. The maximum absolute atomic E-state index is 13.5. The Morgan fingerprint density at radius 1 is 1.22 bits per heavy atom. The highest BCUT2D eigenvalue weighted by molar-refractivity contribution is 7.08. The van der Waals surface area contributed by atoms with E-state index < -0.39 is 0 Å². The van der Waals surface area contributed by atoms with Gasteiger partial charge in [0, 0.05) is 29.1 Å². The second kappa shape index (κ2) is 8.28. The van der Waals surface area contributed by atoms with E-state index in [1.54, 1.807) is 23.3 Å². The van der Waals surface area contributed by atoms with Crippen LogP contribution < -0.4 is 9.47 Å². The molecular formula is C25H31N3O3S. The third kappa shape index (κ3) is 3.90. The summed E-state index contributed by atoms with van der Waals surface area (Å²) < 4.78 is 13.6. The molecule has 4 rings (SSSR count). The van der Waals surface area contributed by atoms with Crippen LogP contribution in [0, 0.1) is 0 Å². The second-order valence-electron chi connectivity index (χ2n) is 9.43. The molecule has 1 aliphatic rings. The van der Waals surface area contributed by atoms with Gasteiger partial charge in [0.15, 0.2) is 17.2 Å². The average molecular weight is 454 g/mol. The number of aryl methyl sites for hydroxylation is 1. The standard InChI is InChI=1S/C25H31N3O3S/c1-15(2)31-21-13-19-16(12-20(21)30-7)8-9-18-22(24(29)27(6)25(3,4)5)26-28(23(18)19)17-10-11-32-14-17/h10-15H,8-9H2,1-7H3. The minimum absolute atomic E-state index is 0.0179. The van der Waals surface area contributed by atoms with Crippen molar-refractivity contribution >= 4 is 17.2 Å². The summed E-state index contributed by atoms with van der Waals surface area (Å²) in [6.45, 7) is 10.1. The monoisotopic (exact) mass is 453 g/mol. The van der Waals surface area contributed by atoms with Gasteiger partial charge in [-0.15, -0.1) is 0 Å². The molecule has 0 aliphatic heterocycles. The molecule has 32 heavy (non-hydrogen) atoms. The maximum atomic E-state index is 13.5. The Kier molecular flexibility index (Phi) is 5.79. The molecule has 3 aromatic rings. The van der Waals surface area contributed by atoms with Crippen molar-refractivity contribution in [3.8, 4) is 28.4 Å². The minimum atomic E-state index is -0.297. The molecule has 0 spiro atoms. The van der Waals surface area contributed by atoms with Crippen LogP contribution in [0.5, 0.6) is 11.5 Å². The van der Waals surface area contributed by atoms with Crippen LogP contribution >= 0.6 is 11.3 Å². The number of fused-ring (bicyclic) bond motifs is 3. The number of carbonyl (C=O) groups excluding carboxylic acids is 1. The summed E-state index contributed by atoms with van der Waals surface area (Å²) >= 11 is 1.61. The number of thiophene rings is 1. The molecule has 6 nitrogen and oxygen atoms in total. The predicted molar refractivity (Wildman–Crippen MR) is 128 cm³/mol. The van der Waals surface area contributed by atoms with Crippen LogP contribution in [0.2, 0.25) is 0 Å². The number of hydrogen-bond donors (Lipinski definition) is 0. The van der Waals surface area contributed by atoms with E-state index in [1.165, 1.54) is 5.56 Å². The molecule has 0 N–H and O–H groups in total. The van der Waals surface area contributed by atoms with Gasteiger partial charge in [0.25, 0.3) is 5.91 Å². The first-order valence-electron chi connectivity index (χ1n) is 10.9. The van der Waals surface area contributed by atoms with Gasteiger partial charge in [-0.3, -0.25) is 4.79 Å². The minimum Gasteiger partial charge on any atom is -0.493 e. The van der Waals surface area contributed by atoms with Crippen molar-refractivity contribution in [1.82, 2.24) is 14.7 Å². The molecule has 1 aliphatic carbocycles. The molecule has 0 atom stereocenters. The van der Waals surface area contributed by atoms with Crippen molar-refractivity contribution in [2.45, 2.75) is 59.1 Å². The molecule has 0 unspecified atom stereocenters. The molecule has 0 radical (unpaired) electrons. The van der Waals surface area contributed by atoms with Gasteiger partial charge in [-0.1, -0.05) is 0 Å². The summed E-state index contributed by atoms with van der Waals surface area (Å²) in [5.74, 6) is 1.37. The van der Waals surface area contributed by atoms with Crippen molar-refractivity contribution < 1.29 is 14.3 Å². The highest BCUT2D eigenvalue weighted by atomic mass is 32.1. The van der Waals surface area contributed by atoms with Gasteiger partial charge < -0.3 is 14.4 Å². The normalized spacial score (nSPS) is 13.0. The number of amides is 1. The molecule has 0 bridgehead atoms. The molecule has 7 heteroatoms. The van der Waals surface area contributed by atoms with Gasteiger partial charge >= 0.3 is 0 Å². The Morgan fingerprint density at radius 2 is 1.97 bits per heavy atom. The number of hydrogen-bond acceptors (Lipinski definition) is 5. The molecule has 1 aromatic carbocycles. The second-order valence-corrected chi connectivity index (χ2v) is 10.2. The Morgan fingerprint density at radius 3 is 2.56 bits per heavy atom.